The fourth-order valence-corrected chi connectivity index (χ4v) is 0.552. The molecule has 0 aliphatic carbocycles. The van der Waals surface area contributed by atoms with E-state index in [0.29, 0.717) is 0 Å². The van der Waals surface area contributed by atoms with Crippen molar-refractivity contribution in [2.75, 3.05) is 6.61 Å². The zero-order chi connectivity index (χ0) is 11.6. The molecule has 0 radical (unpaired) electrons. The van der Waals surface area contributed by atoms with Gasteiger partial charge in [-0.05, 0) is 13.8 Å². The van der Waals surface area contributed by atoms with E-state index in [4.69, 9.17) is 0 Å². The summed E-state index contributed by atoms with van der Waals surface area (Å²) in [7, 11) is 0. The zero-order valence-corrected chi connectivity index (χ0v) is 9.20. The van der Waals surface area contributed by atoms with Crippen molar-refractivity contribution in [1.29, 1.82) is 0 Å². The molecule has 1 atom stereocenters. The quantitative estimate of drug-likeness (QED) is 0.516. The summed E-state index contributed by atoms with van der Waals surface area (Å²) in [6.45, 7) is 9.64. The Labute approximate surface area is 84.9 Å². The Morgan fingerprint density at radius 2 is 1.79 bits per heavy atom. The minimum atomic E-state index is -0.371. The van der Waals surface area contributed by atoms with Crippen LogP contribution in [0.2, 0.25) is 0 Å². The van der Waals surface area contributed by atoms with E-state index >= 15 is 0 Å². The standard InChI is InChI=1S/C7H12O4.C3H6/c1-5(11-7(3)9)4-10-6(2)8;1-3-2/h5H,4H2,1-3H3;3H,1H2,2H3. The summed E-state index contributed by atoms with van der Waals surface area (Å²) in [6, 6.07) is 0. The van der Waals surface area contributed by atoms with Crippen LogP contribution >= 0.6 is 0 Å². The molecule has 0 aromatic carbocycles. The van der Waals surface area contributed by atoms with Crippen LogP contribution in [0.25, 0.3) is 0 Å². The van der Waals surface area contributed by atoms with Crippen molar-refractivity contribution >= 4 is 11.9 Å². The fraction of sp³-hybridized carbons (Fsp3) is 0.600. The maximum Gasteiger partial charge on any atom is 0.303 e. The molecule has 0 aromatic heterocycles. The second-order valence-corrected chi connectivity index (χ2v) is 2.63. The molecule has 0 amide bonds. The first-order chi connectivity index (χ1) is 6.43. The SMILES string of the molecule is C=CC.CC(=O)OCC(C)OC(C)=O. The lowest BCUT2D eigenvalue weighted by atomic mass is 10.4. The van der Waals surface area contributed by atoms with Gasteiger partial charge < -0.3 is 9.47 Å². The molecule has 0 fully saturated rings. The molecular formula is C10H18O4. The molecule has 0 heterocycles. The Hall–Kier alpha value is -1.32. The second kappa shape index (κ2) is 9.77. The number of hydrogen-bond donors (Lipinski definition) is 0. The third-order valence-corrected chi connectivity index (χ3v) is 0.888. The minimum absolute atomic E-state index is 0.120. The molecule has 0 aromatic rings. The number of hydrogen-bond acceptors (Lipinski definition) is 4. The highest BCUT2D eigenvalue weighted by Crippen LogP contribution is 1.92. The lowest BCUT2D eigenvalue weighted by molar-refractivity contribution is -0.155. The molecule has 0 saturated carbocycles. The van der Waals surface area contributed by atoms with Gasteiger partial charge in [0.25, 0.3) is 0 Å². The largest absolute Gasteiger partial charge is 0.462 e. The Bertz CT molecular complexity index is 187. The third-order valence-electron chi connectivity index (χ3n) is 0.888. The highest BCUT2D eigenvalue weighted by molar-refractivity contribution is 5.67. The van der Waals surface area contributed by atoms with Gasteiger partial charge in [-0.1, -0.05) is 6.08 Å². The van der Waals surface area contributed by atoms with Gasteiger partial charge in [0.1, 0.15) is 12.7 Å². The zero-order valence-electron chi connectivity index (χ0n) is 9.20. The van der Waals surface area contributed by atoms with Gasteiger partial charge in [-0.25, -0.2) is 0 Å². The lowest BCUT2D eigenvalue weighted by Gasteiger charge is -2.10. The molecule has 0 N–H and O–H groups in total. The van der Waals surface area contributed by atoms with Crippen LogP contribution in [0.5, 0.6) is 0 Å². The number of rotatable bonds is 3. The Morgan fingerprint density at radius 1 is 1.36 bits per heavy atom. The number of carbonyl (C=O) groups excluding carboxylic acids is 2. The monoisotopic (exact) mass is 202 g/mol. The predicted molar refractivity (Wildman–Crippen MR) is 53.7 cm³/mol. The molecule has 0 aliphatic heterocycles. The first-order valence-corrected chi connectivity index (χ1v) is 4.31. The van der Waals surface area contributed by atoms with E-state index in [9.17, 15) is 9.59 Å². The van der Waals surface area contributed by atoms with Crippen LogP contribution in [0.1, 0.15) is 27.7 Å². The summed E-state index contributed by atoms with van der Waals surface area (Å²) in [5, 5.41) is 0. The summed E-state index contributed by atoms with van der Waals surface area (Å²) in [5.74, 6) is -0.742. The van der Waals surface area contributed by atoms with Gasteiger partial charge in [-0.2, -0.15) is 0 Å². The third kappa shape index (κ3) is 17.0. The van der Waals surface area contributed by atoms with Crippen LogP contribution in [0.4, 0.5) is 0 Å². The fourth-order valence-electron chi connectivity index (χ4n) is 0.552. The molecule has 4 nitrogen and oxygen atoms in total. The van der Waals surface area contributed by atoms with E-state index < -0.39 is 0 Å². The van der Waals surface area contributed by atoms with Crippen LogP contribution in [0.3, 0.4) is 0 Å². The molecule has 1 unspecified atom stereocenters. The van der Waals surface area contributed by atoms with E-state index in [1.54, 1.807) is 13.0 Å². The predicted octanol–water partition coefficient (Wildman–Crippen LogP) is 1.69. The Morgan fingerprint density at radius 3 is 2.07 bits per heavy atom. The number of ether oxygens (including phenoxy) is 2. The number of carbonyl (C=O) groups is 2. The van der Waals surface area contributed by atoms with Crippen molar-refractivity contribution in [3.05, 3.63) is 12.7 Å². The van der Waals surface area contributed by atoms with Crippen molar-refractivity contribution < 1.29 is 19.1 Å². The molecule has 0 spiro atoms. The molecule has 0 aliphatic rings. The van der Waals surface area contributed by atoms with E-state index in [-0.39, 0.29) is 24.6 Å². The first kappa shape index (κ1) is 15.2. The summed E-state index contributed by atoms with van der Waals surface area (Å²) < 4.78 is 9.27. The van der Waals surface area contributed by atoms with Crippen molar-refractivity contribution in [1.82, 2.24) is 0 Å². The normalized spacial score (nSPS) is 10.3. The molecule has 4 heteroatoms. The van der Waals surface area contributed by atoms with E-state index in [0.717, 1.165) is 0 Å². The minimum Gasteiger partial charge on any atom is -0.462 e. The maximum atomic E-state index is 10.3. The van der Waals surface area contributed by atoms with Crippen molar-refractivity contribution in [2.45, 2.75) is 33.8 Å². The number of allylic oxidation sites excluding steroid dienone is 1. The first-order valence-electron chi connectivity index (χ1n) is 4.31. The van der Waals surface area contributed by atoms with E-state index in [1.165, 1.54) is 13.8 Å². The van der Waals surface area contributed by atoms with Gasteiger partial charge >= 0.3 is 11.9 Å². The van der Waals surface area contributed by atoms with E-state index in [2.05, 4.69) is 16.1 Å². The van der Waals surface area contributed by atoms with Crippen LogP contribution in [-0.2, 0) is 19.1 Å². The van der Waals surface area contributed by atoms with Crippen molar-refractivity contribution in [3.63, 3.8) is 0 Å². The summed E-state index contributed by atoms with van der Waals surface area (Å²) >= 11 is 0. The summed E-state index contributed by atoms with van der Waals surface area (Å²) in [6.07, 6.45) is 1.39. The molecule has 14 heavy (non-hydrogen) atoms. The van der Waals surface area contributed by atoms with Crippen LogP contribution in [0.15, 0.2) is 12.7 Å². The average molecular weight is 202 g/mol. The highest BCUT2D eigenvalue weighted by atomic mass is 16.6. The second-order valence-electron chi connectivity index (χ2n) is 2.63. The van der Waals surface area contributed by atoms with E-state index in [1.807, 2.05) is 6.92 Å². The van der Waals surface area contributed by atoms with Gasteiger partial charge in [0.05, 0.1) is 0 Å². The Balaban J connectivity index is 0. The lowest BCUT2D eigenvalue weighted by Crippen LogP contribution is -2.19. The summed E-state index contributed by atoms with van der Waals surface area (Å²) in [4.78, 5) is 20.6. The van der Waals surface area contributed by atoms with Gasteiger partial charge in [0, 0.05) is 13.8 Å². The smallest absolute Gasteiger partial charge is 0.303 e. The van der Waals surface area contributed by atoms with Crippen molar-refractivity contribution in [2.24, 2.45) is 0 Å². The molecule has 0 saturated heterocycles. The molecule has 0 rings (SSSR count). The number of esters is 2. The van der Waals surface area contributed by atoms with Gasteiger partial charge in [0.2, 0.25) is 0 Å². The van der Waals surface area contributed by atoms with Crippen LogP contribution in [0, 0.1) is 0 Å². The molecule has 82 valence electrons. The van der Waals surface area contributed by atoms with Crippen molar-refractivity contribution in [3.8, 4) is 0 Å². The Kier molecular flexibility index (Phi) is 10.6. The maximum absolute atomic E-state index is 10.3. The van der Waals surface area contributed by atoms with Crippen LogP contribution < -0.4 is 0 Å². The van der Waals surface area contributed by atoms with Gasteiger partial charge in [-0.15, -0.1) is 6.58 Å². The highest BCUT2D eigenvalue weighted by Gasteiger charge is 2.06. The topological polar surface area (TPSA) is 52.6 Å². The van der Waals surface area contributed by atoms with Gasteiger partial charge in [0.15, 0.2) is 0 Å². The molecule has 0 bridgehead atoms. The average Bonchev–Trinajstić information content (AvgIpc) is 2.01. The molecular weight excluding hydrogens is 184 g/mol. The van der Waals surface area contributed by atoms with Crippen LogP contribution in [-0.4, -0.2) is 24.6 Å². The van der Waals surface area contributed by atoms with Gasteiger partial charge in [-0.3, -0.25) is 9.59 Å². The summed E-state index contributed by atoms with van der Waals surface area (Å²) in [5.41, 5.74) is 0.